The highest BCUT2D eigenvalue weighted by molar-refractivity contribution is 8.00. The van der Waals surface area contributed by atoms with E-state index in [0.29, 0.717) is 5.25 Å². The van der Waals surface area contributed by atoms with Gasteiger partial charge in [-0.25, -0.2) is 0 Å². The summed E-state index contributed by atoms with van der Waals surface area (Å²) in [4.78, 5) is 0. The zero-order valence-electron chi connectivity index (χ0n) is 8.11. The summed E-state index contributed by atoms with van der Waals surface area (Å²) in [6, 6.07) is 2.22. The summed E-state index contributed by atoms with van der Waals surface area (Å²) in [5.41, 5.74) is 4.05. The minimum atomic E-state index is 0.235. The highest BCUT2D eigenvalue weighted by atomic mass is 32.2. The van der Waals surface area contributed by atoms with Gasteiger partial charge in [0.05, 0.1) is 18.6 Å². The van der Waals surface area contributed by atoms with Crippen molar-refractivity contribution in [1.82, 2.24) is 5.43 Å². The summed E-state index contributed by atoms with van der Waals surface area (Å²) < 4.78 is 5.08. The van der Waals surface area contributed by atoms with Gasteiger partial charge < -0.3 is 4.42 Å². The average molecular weight is 212 g/mol. The molecule has 1 fully saturated rings. The molecule has 2 unspecified atom stereocenters. The zero-order chi connectivity index (χ0) is 9.80. The van der Waals surface area contributed by atoms with Crippen LogP contribution in [0, 0.1) is 0 Å². The van der Waals surface area contributed by atoms with Crippen molar-refractivity contribution in [3.05, 3.63) is 24.2 Å². The third kappa shape index (κ3) is 2.13. The Morgan fingerprint density at radius 3 is 3.07 bits per heavy atom. The fourth-order valence-electron chi connectivity index (χ4n) is 1.90. The molecule has 78 valence electrons. The van der Waals surface area contributed by atoms with Crippen molar-refractivity contribution in [2.45, 2.75) is 30.6 Å². The number of nitrogens with two attached hydrogens (primary N) is 1. The Morgan fingerprint density at radius 2 is 2.50 bits per heavy atom. The molecule has 1 aliphatic rings. The molecule has 4 heteroatoms. The van der Waals surface area contributed by atoms with E-state index in [4.69, 9.17) is 10.3 Å². The van der Waals surface area contributed by atoms with E-state index < -0.39 is 0 Å². The number of thioether (sulfide) groups is 1. The monoisotopic (exact) mass is 212 g/mol. The Hall–Kier alpha value is -0.450. The predicted molar refractivity (Wildman–Crippen MR) is 58.9 cm³/mol. The summed E-state index contributed by atoms with van der Waals surface area (Å²) in [7, 11) is 0. The van der Waals surface area contributed by atoms with Crippen LogP contribution in [-0.4, -0.2) is 11.0 Å². The standard InChI is InChI=1S/C10H16N2OS/c11-12-10(8-4-5-13-7-8)9-3-1-2-6-14-9/h4-5,7,9-10,12H,1-3,6,11H2. The van der Waals surface area contributed by atoms with Gasteiger partial charge in [0.25, 0.3) is 0 Å². The lowest BCUT2D eigenvalue weighted by Gasteiger charge is -2.28. The van der Waals surface area contributed by atoms with Crippen molar-refractivity contribution in [2.75, 3.05) is 5.75 Å². The molecule has 2 atom stereocenters. The molecule has 3 N–H and O–H groups in total. The largest absolute Gasteiger partial charge is 0.472 e. The first kappa shape index (κ1) is 10.1. The van der Waals surface area contributed by atoms with Crippen molar-refractivity contribution in [3.63, 3.8) is 0 Å². The van der Waals surface area contributed by atoms with Crippen LogP contribution >= 0.6 is 11.8 Å². The summed E-state index contributed by atoms with van der Waals surface area (Å²) in [5.74, 6) is 6.84. The molecule has 0 radical (unpaired) electrons. The zero-order valence-corrected chi connectivity index (χ0v) is 8.93. The van der Waals surface area contributed by atoms with Crippen molar-refractivity contribution in [3.8, 4) is 0 Å². The molecule has 2 rings (SSSR count). The molecule has 0 spiro atoms. The number of rotatable bonds is 3. The van der Waals surface area contributed by atoms with E-state index in [1.54, 1.807) is 12.5 Å². The molecule has 3 nitrogen and oxygen atoms in total. The highest BCUT2D eigenvalue weighted by Gasteiger charge is 2.25. The second-order valence-electron chi connectivity index (χ2n) is 3.61. The molecule has 1 saturated heterocycles. The Bertz CT molecular complexity index is 257. The van der Waals surface area contributed by atoms with Gasteiger partial charge in [-0.3, -0.25) is 11.3 Å². The van der Waals surface area contributed by atoms with E-state index in [-0.39, 0.29) is 6.04 Å². The second kappa shape index (κ2) is 4.87. The summed E-state index contributed by atoms with van der Waals surface area (Å²) >= 11 is 2.01. The fraction of sp³-hybridized carbons (Fsp3) is 0.600. The molecule has 14 heavy (non-hydrogen) atoms. The normalized spacial score (nSPS) is 24.8. The van der Waals surface area contributed by atoms with Gasteiger partial charge >= 0.3 is 0 Å². The van der Waals surface area contributed by atoms with Crippen LogP contribution in [0.1, 0.15) is 30.9 Å². The van der Waals surface area contributed by atoms with Gasteiger partial charge in [0, 0.05) is 10.8 Å². The molecule has 1 aromatic rings. The van der Waals surface area contributed by atoms with Gasteiger partial charge in [0.15, 0.2) is 0 Å². The van der Waals surface area contributed by atoms with Gasteiger partial charge in [-0.15, -0.1) is 0 Å². The van der Waals surface area contributed by atoms with Crippen LogP contribution in [0.2, 0.25) is 0 Å². The van der Waals surface area contributed by atoms with E-state index in [0.717, 1.165) is 5.56 Å². The summed E-state index contributed by atoms with van der Waals surface area (Å²) in [6.45, 7) is 0. The summed E-state index contributed by atoms with van der Waals surface area (Å²) in [5, 5.41) is 0.589. The topological polar surface area (TPSA) is 51.2 Å². The second-order valence-corrected chi connectivity index (χ2v) is 4.95. The molecular formula is C10H16N2OS. The van der Waals surface area contributed by atoms with E-state index in [1.807, 2.05) is 17.8 Å². The Morgan fingerprint density at radius 1 is 1.57 bits per heavy atom. The van der Waals surface area contributed by atoms with Gasteiger partial charge in [-0.05, 0) is 24.7 Å². The van der Waals surface area contributed by atoms with E-state index in [9.17, 15) is 0 Å². The first-order valence-electron chi connectivity index (χ1n) is 5.01. The average Bonchev–Trinajstić information content (AvgIpc) is 2.74. The molecule has 1 aromatic heterocycles. The summed E-state index contributed by atoms with van der Waals surface area (Å²) in [6.07, 6.45) is 7.37. The quantitative estimate of drug-likeness (QED) is 0.595. The van der Waals surface area contributed by atoms with Crippen LogP contribution in [0.3, 0.4) is 0 Å². The lowest BCUT2D eigenvalue weighted by molar-refractivity contribution is 0.482. The maximum atomic E-state index is 5.59. The molecule has 1 aliphatic heterocycles. The minimum Gasteiger partial charge on any atom is -0.472 e. The van der Waals surface area contributed by atoms with Crippen LogP contribution in [0.25, 0.3) is 0 Å². The SMILES string of the molecule is NNC(c1ccoc1)C1CCCCS1. The van der Waals surface area contributed by atoms with Crippen molar-refractivity contribution >= 4 is 11.8 Å². The first-order valence-corrected chi connectivity index (χ1v) is 6.06. The van der Waals surface area contributed by atoms with Crippen LogP contribution in [-0.2, 0) is 0 Å². The smallest absolute Gasteiger partial charge is 0.0951 e. The third-order valence-corrected chi connectivity index (χ3v) is 4.13. The van der Waals surface area contributed by atoms with Gasteiger partial charge in [0.1, 0.15) is 0 Å². The number of furan rings is 1. The maximum absolute atomic E-state index is 5.59. The number of nitrogens with one attached hydrogen (secondary N) is 1. The fourth-order valence-corrected chi connectivity index (χ4v) is 3.33. The number of hydrogen-bond acceptors (Lipinski definition) is 4. The van der Waals surface area contributed by atoms with Crippen molar-refractivity contribution in [1.29, 1.82) is 0 Å². The van der Waals surface area contributed by atoms with Gasteiger partial charge in [-0.1, -0.05) is 6.42 Å². The maximum Gasteiger partial charge on any atom is 0.0951 e. The molecule has 2 heterocycles. The molecule has 0 saturated carbocycles. The van der Waals surface area contributed by atoms with Crippen molar-refractivity contribution < 1.29 is 4.42 Å². The molecule has 0 bridgehead atoms. The Balaban J connectivity index is 2.04. The lowest BCUT2D eigenvalue weighted by Crippen LogP contribution is -2.36. The lowest BCUT2D eigenvalue weighted by atomic mass is 10.0. The third-order valence-electron chi connectivity index (χ3n) is 2.67. The van der Waals surface area contributed by atoms with Crippen LogP contribution in [0.15, 0.2) is 23.0 Å². The predicted octanol–water partition coefficient (Wildman–Crippen LogP) is 2.07. The van der Waals surface area contributed by atoms with Crippen LogP contribution in [0.4, 0.5) is 0 Å². The minimum absolute atomic E-state index is 0.235. The van der Waals surface area contributed by atoms with E-state index in [1.165, 1.54) is 25.0 Å². The van der Waals surface area contributed by atoms with E-state index >= 15 is 0 Å². The van der Waals surface area contributed by atoms with E-state index in [2.05, 4.69) is 5.43 Å². The van der Waals surface area contributed by atoms with Gasteiger partial charge in [0.2, 0.25) is 0 Å². The van der Waals surface area contributed by atoms with Crippen LogP contribution < -0.4 is 11.3 Å². The highest BCUT2D eigenvalue weighted by Crippen LogP contribution is 2.34. The Labute approximate surface area is 88.4 Å². The number of hydrazine groups is 1. The first-order chi connectivity index (χ1) is 6.92. The molecule has 0 amide bonds. The number of hydrogen-bond donors (Lipinski definition) is 2. The van der Waals surface area contributed by atoms with Gasteiger partial charge in [-0.2, -0.15) is 11.8 Å². The van der Waals surface area contributed by atoms with Crippen LogP contribution in [0.5, 0.6) is 0 Å². The molecule has 0 aliphatic carbocycles. The molecule has 0 aromatic carbocycles. The molecular weight excluding hydrogens is 196 g/mol. The Kier molecular flexibility index (Phi) is 3.50. The van der Waals surface area contributed by atoms with Crippen molar-refractivity contribution in [2.24, 2.45) is 5.84 Å².